The quantitative estimate of drug-likeness (QED) is 0.396. The molecule has 6 rings (SSSR count). The van der Waals surface area contributed by atoms with Gasteiger partial charge in [-0.05, 0) is 11.8 Å². The Morgan fingerprint density at radius 1 is 0.541 bits per heavy atom. The van der Waals surface area contributed by atoms with Crippen molar-refractivity contribution in [3.05, 3.63) is 140 Å². The molecule has 0 unspecified atom stereocenters. The summed E-state index contributed by atoms with van der Waals surface area (Å²) in [6, 6.07) is 17.1. The molecular formula is C34H30Cl2Zr. The van der Waals surface area contributed by atoms with Crippen molar-refractivity contribution < 1.29 is 51.0 Å². The molecule has 0 amide bonds. The molecule has 0 radical (unpaired) electrons. The van der Waals surface area contributed by atoms with E-state index in [0.717, 1.165) is 0 Å². The van der Waals surface area contributed by atoms with E-state index in [0.29, 0.717) is 11.8 Å². The number of benzene rings is 2. The molecule has 0 N–H and O–H groups in total. The maximum Gasteiger partial charge on any atom is 4.00 e. The Bertz CT molecular complexity index is 1440. The summed E-state index contributed by atoms with van der Waals surface area (Å²) in [6.45, 7) is 8.65. The van der Waals surface area contributed by atoms with Crippen molar-refractivity contribution in [2.24, 2.45) is 11.8 Å². The zero-order chi connectivity index (χ0) is 23.7. The third kappa shape index (κ3) is 6.29. The molecule has 0 nitrogen and oxygen atoms in total. The van der Waals surface area contributed by atoms with Crippen LogP contribution in [0, 0.1) is 11.8 Å². The smallest absolute Gasteiger partial charge is 1.00 e. The third-order valence-electron chi connectivity index (χ3n) is 6.66. The van der Waals surface area contributed by atoms with E-state index in [9.17, 15) is 0 Å². The van der Waals surface area contributed by atoms with E-state index in [1.54, 1.807) is 0 Å². The second-order valence-electron chi connectivity index (χ2n) is 9.51. The van der Waals surface area contributed by atoms with Crippen LogP contribution in [-0.4, -0.2) is 0 Å². The van der Waals surface area contributed by atoms with Gasteiger partial charge in [0.1, 0.15) is 0 Å². The van der Waals surface area contributed by atoms with Crippen molar-refractivity contribution in [2.75, 3.05) is 0 Å². The molecule has 0 saturated carbocycles. The van der Waals surface area contributed by atoms with Crippen molar-refractivity contribution in [3.63, 3.8) is 0 Å². The number of allylic oxidation sites excluding steroid dienone is 12. The first-order valence-electron chi connectivity index (χ1n) is 12.1. The molecule has 0 atom stereocenters. The van der Waals surface area contributed by atoms with E-state index >= 15 is 0 Å². The van der Waals surface area contributed by atoms with Gasteiger partial charge in [-0.3, -0.25) is 0 Å². The van der Waals surface area contributed by atoms with Gasteiger partial charge in [0.2, 0.25) is 0 Å². The minimum Gasteiger partial charge on any atom is -1.00 e. The van der Waals surface area contributed by atoms with Gasteiger partial charge in [-0.1, -0.05) is 113 Å². The predicted molar refractivity (Wildman–Crippen MR) is 145 cm³/mol. The van der Waals surface area contributed by atoms with Crippen LogP contribution in [0.3, 0.4) is 0 Å². The average molecular weight is 601 g/mol. The van der Waals surface area contributed by atoms with Crippen LogP contribution in [-0.2, 0) is 26.2 Å². The number of rotatable bonds is 2. The fraction of sp³-hybridized carbons (Fsp3) is 0.176. The van der Waals surface area contributed by atoms with Crippen molar-refractivity contribution in [3.8, 4) is 0 Å². The molecule has 3 heteroatoms. The van der Waals surface area contributed by atoms with Gasteiger partial charge < -0.3 is 24.8 Å². The monoisotopic (exact) mass is 598 g/mol. The molecule has 0 aromatic heterocycles. The minimum atomic E-state index is 0. The molecule has 0 bridgehead atoms. The summed E-state index contributed by atoms with van der Waals surface area (Å²) >= 11 is 0. The molecule has 0 fully saturated rings. The molecule has 0 heterocycles. The molecule has 2 aromatic rings. The van der Waals surface area contributed by atoms with Crippen LogP contribution >= 0.6 is 0 Å². The van der Waals surface area contributed by atoms with Crippen LogP contribution in [0.15, 0.2) is 119 Å². The van der Waals surface area contributed by atoms with Gasteiger partial charge in [-0.25, -0.2) is 0 Å². The number of hydrogen-bond donors (Lipinski definition) is 0. The molecule has 37 heavy (non-hydrogen) atoms. The fourth-order valence-corrected chi connectivity index (χ4v) is 5.06. The Balaban J connectivity index is 0.000000241. The summed E-state index contributed by atoms with van der Waals surface area (Å²) in [7, 11) is 0. The van der Waals surface area contributed by atoms with E-state index in [-0.39, 0.29) is 51.0 Å². The Morgan fingerprint density at radius 3 is 1.19 bits per heavy atom. The summed E-state index contributed by atoms with van der Waals surface area (Å²) in [5.41, 5.74) is 8.06. The summed E-state index contributed by atoms with van der Waals surface area (Å²) in [6.07, 6.45) is 24.6. The standard InChI is InChI=1S/2C17H15.2ClH.Zr/c2*1-12(2)16-11-14-9-5-6-10-15(14)17(16)13-7-3-4-8-13;;;/h2*3-10,13H,1-2H3;2*1H;/q2*-1;;;+4/p-2. The average Bonchev–Trinajstić information content (AvgIpc) is 3.63. The number of hydrogen-bond acceptors (Lipinski definition) is 0. The molecule has 4 aliphatic rings. The Morgan fingerprint density at radius 2 is 0.865 bits per heavy atom. The van der Waals surface area contributed by atoms with Gasteiger partial charge in [-0.15, -0.1) is 78.6 Å². The predicted octanol–water partition coefficient (Wildman–Crippen LogP) is -0.820. The van der Waals surface area contributed by atoms with Crippen LogP contribution in [0.25, 0.3) is 23.3 Å². The Labute approximate surface area is 252 Å². The van der Waals surface area contributed by atoms with Crippen molar-refractivity contribution >= 4 is 23.3 Å². The summed E-state index contributed by atoms with van der Waals surface area (Å²) < 4.78 is 0. The van der Waals surface area contributed by atoms with Crippen molar-refractivity contribution in [1.82, 2.24) is 0 Å². The molecule has 0 spiro atoms. The fourth-order valence-electron chi connectivity index (χ4n) is 5.06. The summed E-state index contributed by atoms with van der Waals surface area (Å²) in [5, 5.41) is 5.13. The third-order valence-corrected chi connectivity index (χ3v) is 6.66. The van der Waals surface area contributed by atoms with E-state index in [1.807, 2.05) is 0 Å². The van der Waals surface area contributed by atoms with E-state index in [4.69, 9.17) is 0 Å². The molecule has 4 aliphatic carbocycles. The zero-order valence-corrected chi connectivity index (χ0v) is 25.6. The van der Waals surface area contributed by atoms with Gasteiger partial charge in [0.05, 0.1) is 0 Å². The Hall–Kier alpha value is -2.18. The zero-order valence-electron chi connectivity index (χ0n) is 21.6. The molecule has 184 valence electrons. The number of halogens is 2. The van der Waals surface area contributed by atoms with Gasteiger partial charge in [0.15, 0.2) is 0 Å². The second-order valence-corrected chi connectivity index (χ2v) is 9.51. The van der Waals surface area contributed by atoms with Gasteiger partial charge in [-0.2, -0.15) is 0 Å². The first-order valence-corrected chi connectivity index (χ1v) is 12.1. The largest absolute Gasteiger partial charge is 4.00 e. The van der Waals surface area contributed by atoms with Gasteiger partial charge in [0.25, 0.3) is 0 Å². The molecular weight excluding hydrogens is 571 g/mol. The SMILES string of the molecule is CC(C)=C1[C-]=c2ccccc2=C1C1C=CC=C1.CC(C)=C1[C-]=c2ccccc2=C1C1C=CC=C1.[Cl-].[Cl-].[Zr+4]. The summed E-state index contributed by atoms with van der Waals surface area (Å²) in [4.78, 5) is 0. The Kier molecular flexibility index (Phi) is 11.4. The van der Waals surface area contributed by atoms with Gasteiger partial charge in [0, 0.05) is 0 Å². The normalized spacial score (nSPS) is 16.1. The first-order chi connectivity index (χ1) is 16.5. The topological polar surface area (TPSA) is 0 Å². The molecule has 2 aromatic carbocycles. The van der Waals surface area contributed by atoms with Crippen molar-refractivity contribution in [1.29, 1.82) is 0 Å². The van der Waals surface area contributed by atoms with Crippen LogP contribution in [0.1, 0.15) is 27.7 Å². The first kappa shape index (κ1) is 31.0. The van der Waals surface area contributed by atoms with Crippen LogP contribution in [0.2, 0.25) is 0 Å². The van der Waals surface area contributed by atoms with Crippen LogP contribution in [0.5, 0.6) is 0 Å². The number of fused-ring (bicyclic) bond motifs is 2. The maximum absolute atomic E-state index is 3.54. The van der Waals surface area contributed by atoms with Crippen LogP contribution < -0.4 is 45.7 Å². The minimum absolute atomic E-state index is 0. The van der Waals surface area contributed by atoms with Crippen LogP contribution in [0.4, 0.5) is 0 Å². The second kappa shape index (κ2) is 13.6. The maximum atomic E-state index is 3.54. The molecule has 0 saturated heterocycles. The van der Waals surface area contributed by atoms with E-state index < -0.39 is 0 Å². The summed E-state index contributed by atoms with van der Waals surface area (Å²) in [5.74, 6) is 0.826. The van der Waals surface area contributed by atoms with E-state index in [2.05, 4.69) is 137 Å². The molecule has 0 aliphatic heterocycles. The van der Waals surface area contributed by atoms with Gasteiger partial charge >= 0.3 is 26.2 Å². The van der Waals surface area contributed by atoms with Crippen molar-refractivity contribution in [2.45, 2.75) is 27.7 Å². The van der Waals surface area contributed by atoms with E-state index in [1.165, 1.54) is 54.3 Å².